The van der Waals surface area contributed by atoms with Crippen LogP contribution in [-0.2, 0) is 13.2 Å². The molecule has 27 heavy (non-hydrogen) atoms. The lowest BCUT2D eigenvalue weighted by Gasteiger charge is -2.17. The molecule has 0 bridgehead atoms. The number of hydrogen-bond acceptors (Lipinski definition) is 3. The second-order valence-electron chi connectivity index (χ2n) is 6.48. The minimum atomic E-state index is 0. The fourth-order valence-electron chi connectivity index (χ4n) is 2.80. The van der Waals surface area contributed by atoms with Gasteiger partial charge in [-0.3, -0.25) is 0 Å². The number of halogens is 2. The van der Waals surface area contributed by atoms with Crippen LogP contribution in [-0.4, -0.2) is 31.1 Å². The average Bonchev–Trinajstić information content (AvgIpc) is 2.65. The summed E-state index contributed by atoms with van der Waals surface area (Å²) in [5.41, 5.74) is 3.74. The van der Waals surface area contributed by atoms with Crippen LogP contribution in [0.4, 0.5) is 0 Å². The zero-order chi connectivity index (χ0) is 17.9. The lowest BCUT2D eigenvalue weighted by Crippen LogP contribution is -2.27. The predicted molar refractivity (Wildman–Crippen MR) is 121 cm³/mol. The Morgan fingerprint density at radius 1 is 0.926 bits per heavy atom. The molecule has 0 heterocycles. The molecular weight excluding hydrogens is 379 g/mol. The Morgan fingerprint density at radius 3 is 2.30 bits per heavy atom. The van der Waals surface area contributed by atoms with Crippen LogP contribution in [0.2, 0.25) is 0 Å². The fraction of sp³-hybridized carbons (Fsp3) is 0.455. The molecule has 0 fully saturated rings. The highest BCUT2D eigenvalue weighted by molar-refractivity contribution is 5.85. The van der Waals surface area contributed by atoms with E-state index in [0.717, 1.165) is 31.9 Å². The van der Waals surface area contributed by atoms with Crippen molar-refractivity contribution >= 4 is 24.8 Å². The maximum Gasteiger partial charge on any atom is 0.120 e. The minimum Gasteiger partial charge on any atom is -0.489 e. The molecule has 0 spiro atoms. The molecule has 0 aliphatic rings. The molecule has 0 unspecified atom stereocenters. The summed E-state index contributed by atoms with van der Waals surface area (Å²) in [5, 5.41) is 3.53. The van der Waals surface area contributed by atoms with Crippen molar-refractivity contribution in [1.82, 2.24) is 10.2 Å². The normalized spacial score (nSPS) is 10.2. The molecule has 0 aliphatic heterocycles. The van der Waals surface area contributed by atoms with Crippen LogP contribution in [0, 0.1) is 6.92 Å². The molecule has 2 aromatic carbocycles. The summed E-state index contributed by atoms with van der Waals surface area (Å²) >= 11 is 0. The van der Waals surface area contributed by atoms with E-state index in [-0.39, 0.29) is 24.8 Å². The van der Waals surface area contributed by atoms with E-state index in [1.807, 2.05) is 6.07 Å². The topological polar surface area (TPSA) is 24.5 Å². The molecule has 2 aromatic rings. The fourth-order valence-corrected chi connectivity index (χ4v) is 2.80. The van der Waals surface area contributed by atoms with E-state index < -0.39 is 0 Å². The van der Waals surface area contributed by atoms with Gasteiger partial charge in [0.15, 0.2) is 0 Å². The summed E-state index contributed by atoms with van der Waals surface area (Å²) in [4.78, 5) is 2.46. The summed E-state index contributed by atoms with van der Waals surface area (Å²) in [6.07, 6.45) is 1.19. The molecule has 152 valence electrons. The summed E-state index contributed by atoms with van der Waals surface area (Å²) in [6, 6.07) is 16.9. The molecule has 0 radical (unpaired) electrons. The number of benzene rings is 2. The Kier molecular flexibility index (Phi) is 14.1. The van der Waals surface area contributed by atoms with E-state index in [4.69, 9.17) is 4.74 Å². The van der Waals surface area contributed by atoms with Gasteiger partial charge in [-0.1, -0.05) is 55.8 Å². The highest BCUT2D eigenvalue weighted by Crippen LogP contribution is 2.15. The Labute approximate surface area is 177 Å². The third kappa shape index (κ3) is 10.0. The van der Waals surface area contributed by atoms with Gasteiger partial charge in [0.2, 0.25) is 0 Å². The van der Waals surface area contributed by atoms with Crippen molar-refractivity contribution < 1.29 is 4.74 Å². The van der Waals surface area contributed by atoms with Crippen molar-refractivity contribution in [2.24, 2.45) is 0 Å². The van der Waals surface area contributed by atoms with Gasteiger partial charge >= 0.3 is 0 Å². The van der Waals surface area contributed by atoms with E-state index in [9.17, 15) is 0 Å². The highest BCUT2D eigenvalue weighted by atomic mass is 35.5. The van der Waals surface area contributed by atoms with Gasteiger partial charge in [0.05, 0.1) is 0 Å². The van der Waals surface area contributed by atoms with Crippen LogP contribution in [0.5, 0.6) is 5.75 Å². The Hall–Kier alpha value is -1.26. The first-order chi connectivity index (χ1) is 12.2. The quantitative estimate of drug-likeness (QED) is 0.510. The maximum absolute atomic E-state index is 5.93. The standard InChI is InChI=1S/C22H32N2O.2ClH/c1-4-24(5-2)15-7-14-23-17-21-8-6-9-22(16-21)25-18-20-12-10-19(3)11-13-20;;/h6,8-13,16,23H,4-5,7,14-15,17-18H2,1-3H3;2*1H. The lowest BCUT2D eigenvalue weighted by molar-refractivity contribution is 0.297. The van der Waals surface area contributed by atoms with Crippen molar-refractivity contribution in [2.75, 3.05) is 26.2 Å². The predicted octanol–water partition coefficient (Wildman–Crippen LogP) is 5.24. The van der Waals surface area contributed by atoms with Gasteiger partial charge in [-0.2, -0.15) is 0 Å². The third-order valence-electron chi connectivity index (χ3n) is 4.48. The monoisotopic (exact) mass is 412 g/mol. The van der Waals surface area contributed by atoms with Crippen molar-refractivity contribution in [2.45, 2.75) is 40.3 Å². The van der Waals surface area contributed by atoms with E-state index in [1.54, 1.807) is 0 Å². The average molecular weight is 413 g/mol. The summed E-state index contributed by atoms with van der Waals surface area (Å²) < 4.78 is 5.93. The molecular formula is C22H34Cl2N2O. The summed E-state index contributed by atoms with van der Waals surface area (Å²) in [7, 11) is 0. The molecule has 0 aliphatic carbocycles. The van der Waals surface area contributed by atoms with Crippen molar-refractivity contribution in [3.05, 3.63) is 65.2 Å². The van der Waals surface area contributed by atoms with E-state index in [2.05, 4.69) is 73.5 Å². The molecule has 5 heteroatoms. The van der Waals surface area contributed by atoms with Crippen LogP contribution >= 0.6 is 24.8 Å². The second kappa shape index (κ2) is 14.8. The van der Waals surface area contributed by atoms with E-state index in [0.29, 0.717) is 6.61 Å². The number of hydrogen-bond donors (Lipinski definition) is 1. The van der Waals surface area contributed by atoms with E-state index >= 15 is 0 Å². The SMILES string of the molecule is CCN(CC)CCCNCc1cccc(OCc2ccc(C)cc2)c1.Cl.Cl. The largest absolute Gasteiger partial charge is 0.489 e. The number of rotatable bonds is 11. The van der Waals surface area contributed by atoms with Crippen LogP contribution in [0.3, 0.4) is 0 Å². The van der Waals surface area contributed by atoms with Gasteiger partial charge in [0.1, 0.15) is 12.4 Å². The molecule has 0 aromatic heterocycles. The number of nitrogens with zero attached hydrogens (tertiary/aromatic N) is 1. The smallest absolute Gasteiger partial charge is 0.120 e. The number of ether oxygens (including phenoxy) is 1. The zero-order valence-corrected chi connectivity index (χ0v) is 18.4. The van der Waals surface area contributed by atoms with Gasteiger partial charge in [-0.15, -0.1) is 24.8 Å². The van der Waals surface area contributed by atoms with Gasteiger partial charge in [-0.05, 0) is 62.8 Å². The lowest BCUT2D eigenvalue weighted by atomic mass is 10.2. The Bertz CT molecular complexity index is 616. The van der Waals surface area contributed by atoms with Crippen LogP contribution < -0.4 is 10.1 Å². The minimum absolute atomic E-state index is 0. The molecule has 0 amide bonds. The van der Waals surface area contributed by atoms with Gasteiger partial charge in [-0.25, -0.2) is 0 Å². The highest BCUT2D eigenvalue weighted by Gasteiger charge is 2.00. The molecule has 0 saturated heterocycles. The van der Waals surface area contributed by atoms with Crippen molar-refractivity contribution in [3.8, 4) is 5.75 Å². The van der Waals surface area contributed by atoms with Gasteiger partial charge in [0, 0.05) is 6.54 Å². The molecule has 1 N–H and O–H groups in total. The first-order valence-electron chi connectivity index (χ1n) is 9.41. The van der Waals surface area contributed by atoms with Crippen LogP contribution in [0.1, 0.15) is 37.0 Å². The summed E-state index contributed by atoms with van der Waals surface area (Å²) in [6.45, 7) is 12.5. The van der Waals surface area contributed by atoms with E-state index in [1.165, 1.54) is 29.7 Å². The number of aryl methyl sites for hydroxylation is 1. The number of nitrogens with one attached hydrogen (secondary N) is 1. The first-order valence-corrected chi connectivity index (χ1v) is 9.41. The second-order valence-corrected chi connectivity index (χ2v) is 6.48. The summed E-state index contributed by atoms with van der Waals surface area (Å²) in [5.74, 6) is 0.933. The van der Waals surface area contributed by atoms with Crippen LogP contribution in [0.25, 0.3) is 0 Å². The maximum atomic E-state index is 5.93. The molecule has 0 saturated carbocycles. The Balaban J connectivity index is 0.00000338. The molecule has 2 rings (SSSR count). The molecule has 0 atom stereocenters. The van der Waals surface area contributed by atoms with Crippen LogP contribution in [0.15, 0.2) is 48.5 Å². The molecule has 3 nitrogen and oxygen atoms in total. The first kappa shape index (κ1) is 25.7. The third-order valence-corrected chi connectivity index (χ3v) is 4.48. The van der Waals surface area contributed by atoms with Crippen molar-refractivity contribution in [1.29, 1.82) is 0 Å². The zero-order valence-electron chi connectivity index (χ0n) is 16.7. The van der Waals surface area contributed by atoms with Crippen molar-refractivity contribution in [3.63, 3.8) is 0 Å². The van der Waals surface area contributed by atoms with Gasteiger partial charge in [0.25, 0.3) is 0 Å². The van der Waals surface area contributed by atoms with Gasteiger partial charge < -0.3 is 15.0 Å². The Morgan fingerprint density at radius 2 is 1.63 bits per heavy atom.